The van der Waals surface area contributed by atoms with E-state index in [1.807, 2.05) is 0 Å². The lowest BCUT2D eigenvalue weighted by Gasteiger charge is -2.29. The largest absolute Gasteiger partial charge is 0.369 e. The highest BCUT2D eigenvalue weighted by atomic mass is 32.1. The molecule has 3 rings (SSSR count). The predicted octanol–water partition coefficient (Wildman–Crippen LogP) is 2.59. The van der Waals surface area contributed by atoms with Crippen LogP contribution in [-0.4, -0.2) is 41.5 Å². The van der Waals surface area contributed by atoms with E-state index in [4.69, 9.17) is 5.73 Å². The molecule has 0 aliphatic carbocycles. The fourth-order valence-electron chi connectivity index (χ4n) is 2.80. The third-order valence-corrected chi connectivity index (χ3v) is 5.38. The summed E-state index contributed by atoms with van der Waals surface area (Å²) in [4.78, 5) is 13.5. The van der Waals surface area contributed by atoms with Crippen molar-refractivity contribution in [2.24, 2.45) is 5.92 Å². The van der Waals surface area contributed by atoms with Crippen molar-refractivity contribution in [1.29, 1.82) is 0 Å². The van der Waals surface area contributed by atoms with Crippen molar-refractivity contribution in [3.05, 3.63) is 10.9 Å². The quantitative estimate of drug-likeness (QED) is 0.909. The summed E-state index contributed by atoms with van der Waals surface area (Å²) in [7, 11) is 2.19. The minimum absolute atomic E-state index is 0.359. The first kappa shape index (κ1) is 14.5. The second-order valence-corrected chi connectivity index (χ2v) is 6.96. The van der Waals surface area contributed by atoms with Gasteiger partial charge in [0.05, 0.1) is 5.39 Å². The Morgan fingerprint density at radius 2 is 2.14 bits per heavy atom. The predicted molar refractivity (Wildman–Crippen MR) is 89.9 cm³/mol. The Morgan fingerprint density at radius 3 is 2.86 bits per heavy atom. The molecule has 0 saturated carbocycles. The van der Waals surface area contributed by atoms with Crippen LogP contribution >= 0.6 is 11.3 Å². The zero-order chi connectivity index (χ0) is 14.8. The summed E-state index contributed by atoms with van der Waals surface area (Å²) in [6.07, 6.45) is 3.52. The first-order valence-corrected chi connectivity index (χ1v) is 8.45. The number of nitrogens with two attached hydrogens (primary N) is 1. The van der Waals surface area contributed by atoms with Gasteiger partial charge in [-0.25, -0.2) is 4.98 Å². The smallest absolute Gasteiger partial charge is 0.223 e. The van der Waals surface area contributed by atoms with Crippen molar-refractivity contribution in [3.8, 4) is 0 Å². The lowest BCUT2D eigenvalue weighted by atomic mass is 9.97. The Bertz CT molecular complexity index is 616. The van der Waals surface area contributed by atoms with E-state index < -0.39 is 0 Å². The monoisotopic (exact) mass is 305 g/mol. The SMILES string of the molecule is CCc1cc2c(NCC3CCN(C)CC3)nc(N)nc2s1. The van der Waals surface area contributed by atoms with Gasteiger partial charge in [0.15, 0.2) is 0 Å². The molecule has 0 bridgehead atoms. The number of piperidine rings is 1. The van der Waals surface area contributed by atoms with Gasteiger partial charge < -0.3 is 16.0 Å². The Hall–Kier alpha value is -1.40. The van der Waals surface area contributed by atoms with E-state index in [1.165, 1.54) is 30.8 Å². The summed E-state index contributed by atoms with van der Waals surface area (Å²) < 4.78 is 0. The van der Waals surface area contributed by atoms with Crippen LogP contribution in [0.2, 0.25) is 0 Å². The highest BCUT2D eigenvalue weighted by molar-refractivity contribution is 7.18. The van der Waals surface area contributed by atoms with Gasteiger partial charge in [-0.3, -0.25) is 0 Å². The Kier molecular flexibility index (Phi) is 4.26. The average molecular weight is 305 g/mol. The van der Waals surface area contributed by atoms with Gasteiger partial charge in [0.25, 0.3) is 0 Å². The molecule has 0 atom stereocenters. The number of hydrogen-bond donors (Lipinski definition) is 2. The number of hydrogen-bond acceptors (Lipinski definition) is 6. The maximum atomic E-state index is 5.84. The summed E-state index contributed by atoms with van der Waals surface area (Å²) in [6.45, 7) is 5.50. The fourth-order valence-corrected chi connectivity index (χ4v) is 3.78. The highest BCUT2D eigenvalue weighted by Gasteiger charge is 2.17. The van der Waals surface area contributed by atoms with Crippen LogP contribution in [0.15, 0.2) is 6.07 Å². The molecule has 1 fully saturated rings. The van der Waals surface area contributed by atoms with Crippen LogP contribution in [0.5, 0.6) is 0 Å². The molecule has 6 heteroatoms. The lowest BCUT2D eigenvalue weighted by molar-refractivity contribution is 0.226. The number of nitrogen functional groups attached to an aromatic ring is 1. The maximum Gasteiger partial charge on any atom is 0.223 e. The van der Waals surface area contributed by atoms with Crippen LogP contribution in [0.4, 0.5) is 11.8 Å². The van der Waals surface area contributed by atoms with Gasteiger partial charge in [-0.1, -0.05) is 6.92 Å². The summed E-state index contributed by atoms with van der Waals surface area (Å²) >= 11 is 1.71. The molecule has 3 N–H and O–H groups in total. The molecule has 0 unspecified atom stereocenters. The summed E-state index contributed by atoms with van der Waals surface area (Å²) in [5, 5.41) is 4.62. The number of thiophene rings is 1. The molecule has 0 spiro atoms. The van der Waals surface area contributed by atoms with E-state index in [1.54, 1.807) is 11.3 Å². The molecule has 1 aliphatic rings. The zero-order valence-electron chi connectivity index (χ0n) is 12.7. The molecule has 114 valence electrons. The minimum Gasteiger partial charge on any atom is -0.369 e. The second kappa shape index (κ2) is 6.15. The molecule has 0 radical (unpaired) electrons. The highest BCUT2D eigenvalue weighted by Crippen LogP contribution is 2.30. The molecule has 0 aromatic carbocycles. The first-order valence-electron chi connectivity index (χ1n) is 7.64. The van der Waals surface area contributed by atoms with Crippen LogP contribution < -0.4 is 11.1 Å². The first-order chi connectivity index (χ1) is 10.2. The van der Waals surface area contributed by atoms with Crippen molar-refractivity contribution < 1.29 is 0 Å². The molecule has 0 amide bonds. The molecule has 2 aromatic heterocycles. The molecule has 5 nitrogen and oxygen atoms in total. The zero-order valence-corrected chi connectivity index (χ0v) is 13.5. The van der Waals surface area contributed by atoms with Crippen LogP contribution in [0.3, 0.4) is 0 Å². The number of fused-ring (bicyclic) bond motifs is 1. The lowest BCUT2D eigenvalue weighted by Crippen LogP contribution is -2.33. The van der Waals surface area contributed by atoms with Gasteiger partial charge in [-0.05, 0) is 51.4 Å². The van der Waals surface area contributed by atoms with Gasteiger partial charge in [0.1, 0.15) is 10.6 Å². The van der Waals surface area contributed by atoms with Gasteiger partial charge in [-0.2, -0.15) is 4.98 Å². The van der Waals surface area contributed by atoms with E-state index >= 15 is 0 Å². The Labute approximate surface area is 129 Å². The molecule has 1 saturated heterocycles. The third kappa shape index (κ3) is 3.27. The van der Waals surface area contributed by atoms with Crippen molar-refractivity contribution in [3.63, 3.8) is 0 Å². The van der Waals surface area contributed by atoms with E-state index in [0.29, 0.717) is 5.95 Å². The summed E-state index contributed by atoms with van der Waals surface area (Å²) in [5.74, 6) is 1.97. The summed E-state index contributed by atoms with van der Waals surface area (Å²) in [5.41, 5.74) is 5.84. The Morgan fingerprint density at radius 1 is 1.38 bits per heavy atom. The van der Waals surface area contributed by atoms with Gasteiger partial charge in [-0.15, -0.1) is 11.3 Å². The number of anilines is 2. The standard InChI is InChI=1S/C15H23N5S/c1-3-11-8-12-13(18-15(16)19-14(12)21-11)17-9-10-4-6-20(2)7-5-10/h8,10H,3-7,9H2,1-2H3,(H3,16,17,18,19). The number of likely N-dealkylation sites (tertiary alicyclic amines) is 1. The molecular weight excluding hydrogens is 282 g/mol. The number of rotatable bonds is 4. The minimum atomic E-state index is 0.359. The number of aryl methyl sites for hydroxylation is 1. The number of nitrogens with zero attached hydrogens (tertiary/aromatic N) is 3. The molecule has 21 heavy (non-hydrogen) atoms. The maximum absolute atomic E-state index is 5.84. The third-order valence-electron chi connectivity index (χ3n) is 4.21. The number of aromatic nitrogens is 2. The molecular formula is C15H23N5S. The molecule has 3 heterocycles. The molecule has 2 aromatic rings. The van der Waals surface area contributed by atoms with Crippen molar-refractivity contribution in [2.45, 2.75) is 26.2 Å². The Balaban J connectivity index is 1.75. The topological polar surface area (TPSA) is 67.1 Å². The van der Waals surface area contributed by atoms with Crippen LogP contribution in [0.25, 0.3) is 10.2 Å². The van der Waals surface area contributed by atoms with E-state index in [9.17, 15) is 0 Å². The van der Waals surface area contributed by atoms with Crippen molar-refractivity contribution >= 4 is 33.3 Å². The van der Waals surface area contributed by atoms with E-state index in [0.717, 1.165) is 34.9 Å². The van der Waals surface area contributed by atoms with E-state index in [2.05, 4.69) is 40.2 Å². The van der Waals surface area contributed by atoms with Crippen LogP contribution in [0, 0.1) is 5.92 Å². The van der Waals surface area contributed by atoms with Gasteiger partial charge in [0.2, 0.25) is 5.95 Å². The average Bonchev–Trinajstić information content (AvgIpc) is 2.89. The van der Waals surface area contributed by atoms with Gasteiger partial charge >= 0.3 is 0 Å². The van der Waals surface area contributed by atoms with Crippen molar-refractivity contribution in [1.82, 2.24) is 14.9 Å². The second-order valence-electron chi connectivity index (χ2n) is 5.84. The normalized spacial score (nSPS) is 17.4. The number of nitrogens with one attached hydrogen (secondary N) is 1. The molecule has 1 aliphatic heterocycles. The van der Waals surface area contributed by atoms with Crippen LogP contribution in [0.1, 0.15) is 24.6 Å². The fraction of sp³-hybridized carbons (Fsp3) is 0.600. The van der Waals surface area contributed by atoms with Crippen LogP contribution in [-0.2, 0) is 6.42 Å². The summed E-state index contributed by atoms with van der Waals surface area (Å²) in [6, 6.07) is 2.19. The van der Waals surface area contributed by atoms with Gasteiger partial charge in [0, 0.05) is 11.4 Å². The van der Waals surface area contributed by atoms with E-state index in [-0.39, 0.29) is 0 Å². The van der Waals surface area contributed by atoms with Crippen molar-refractivity contribution in [2.75, 3.05) is 37.7 Å².